The fourth-order valence-electron chi connectivity index (χ4n) is 2.47. The summed E-state index contributed by atoms with van der Waals surface area (Å²) in [6.45, 7) is 4.91. The first-order valence-electron chi connectivity index (χ1n) is 9.76. The van der Waals surface area contributed by atoms with Gasteiger partial charge >= 0.3 is 5.97 Å². The summed E-state index contributed by atoms with van der Waals surface area (Å²) in [5.74, 6) is -5.82. The number of primary amides is 2. The summed E-state index contributed by atoms with van der Waals surface area (Å²) in [5, 5.41) is 16.2. The average molecular weight is 444 g/mol. The molecule has 5 amide bonds. The fraction of sp³-hybridized carbons (Fsp3) is 0.667. The fourth-order valence-corrected chi connectivity index (χ4v) is 2.47. The van der Waals surface area contributed by atoms with Gasteiger partial charge in [0.1, 0.15) is 18.1 Å². The molecule has 0 saturated heterocycles. The van der Waals surface area contributed by atoms with Crippen molar-refractivity contribution < 1.29 is 33.9 Å². The van der Waals surface area contributed by atoms with Crippen LogP contribution in [0.1, 0.15) is 46.5 Å². The minimum Gasteiger partial charge on any atom is -0.480 e. The third-order valence-electron chi connectivity index (χ3n) is 4.54. The van der Waals surface area contributed by atoms with Crippen LogP contribution < -0.4 is 33.2 Å². The zero-order valence-corrected chi connectivity index (χ0v) is 17.8. The van der Waals surface area contributed by atoms with Gasteiger partial charge in [-0.1, -0.05) is 20.3 Å². The molecule has 0 fully saturated rings. The Morgan fingerprint density at radius 3 is 1.81 bits per heavy atom. The van der Waals surface area contributed by atoms with Gasteiger partial charge in [-0.3, -0.25) is 24.0 Å². The lowest BCUT2D eigenvalue weighted by molar-refractivity contribution is -0.142. The Morgan fingerprint density at radius 2 is 1.39 bits per heavy atom. The van der Waals surface area contributed by atoms with Crippen molar-refractivity contribution in [2.24, 2.45) is 23.1 Å². The molecule has 13 heteroatoms. The SMILES string of the molecule is CCC(C)C(NC(=O)C(C)N)C(=O)NC(CC(N)=O)C(=O)NC(CCC(N)=O)C(=O)O. The van der Waals surface area contributed by atoms with Crippen molar-refractivity contribution in [1.82, 2.24) is 16.0 Å². The van der Waals surface area contributed by atoms with Crippen molar-refractivity contribution in [3.8, 4) is 0 Å². The molecule has 0 saturated carbocycles. The second-order valence-electron chi connectivity index (χ2n) is 7.30. The summed E-state index contributed by atoms with van der Waals surface area (Å²) >= 11 is 0. The maximum absolute atomic E-state index is 12.8. The number of amides is 5. The van der Waals surface area contributed by atoms with E-state index < -0.39 is 66.1 Å². The molecule has 0 radical (unpaired) electrons. The zero-order valence-electron chi connectivity index (χ0n) is 17.8. The molecule has 0 aliphatic carbocycles. The monoisotopic (exact) mass is 444 g/mol. The summed E-state index contributed by atoms with van der Waals surface area (Å²) in [7, 11) is 0. The predicted octanol–water partition coefficient (Wildman–Crippen LogP) is -2.94. The third-order valence-corrected chi connectivity index (χ3v) is 4.54. The Labute approximate surface area is 179 Å². The molecule has 5 unspecified atom stereocenters. The minimum atomic E-state index is -1.50. The number of carboxylic acid groups (broad SMARTS) is 1. The Kier molecular flexibility index (Phi) is 11.8. The Balaban J connectivity index is 5.50. The number of hydrogen-bond acceptors (Lipinski definition) is 7. The molecule has 31 heavy (non-hydrogen) atoms. The third kappa shape index (κ3) is 10.4. The van der Waals surface area contributed by atoms with Crippen molar-refractivity contribution in [1.29, 1.82) is 0 Å². The molecule has 0 aliphatic heterocycles. The van der Waals surface area contributed by atoms with Crippen molar-refractivity contribution in [3.63, 3.8) is 0 Å². The normalized spacial score (nSPS) is 15.5. The van der Waals surface area contributed by atoms with Gasteiger partial charge in [-0.2, -0.15) is 0 Å². The van der Waals surface area contributed by atoms with Crippen LogP contribution in [0.15, 0.2) is 0 Å². The van der Waals surface area contributed by atoms with E-state index >= 15 is 0 Å². The number of nitrogens with one attached hydrogen (secondary N) is 3. The highest BCUT2D eigenvalue weighted by atomic mass is 16.4. The molecule has 5 atom stereocenters. The smallest absolute Gasteiger partial charge is 0.326 e. The van der Waals surface area contributed by atoms with Gasteiger partial charge in [0.2, 0.25) is 29.5 Å². The molecule has 0 heterocycles. The van der Waals surface area contributed by atoms with Gasteiger partial charge in [0.15, 0.2) is 0 Å². The van der Waals surface area contributed by atoms with E-state index in [1.165, 1.54) is 6.92 Å². The number of carbonyl (C=O) groups excluding carboxylic acids is 5. The number of carboxylic acids is 1. The molecule has 176 valence electrons. The Bertz CT molecular complexity index is 697. The second-order valence-corrected chi connectivity index (χ2v) is 7.30. The van der Waals surface area contributed by atoms with Crippen LogP contribution in [0.4, 0.5) is 0 Å². The molecule has 0 rings (SSSR count). The van der Waals surface area contributed by atoms with Gasteiger partial charge < -0.3 is 38.3 Å². The lowest BCUT2D eigenvalue weighted by atomic mass is 9.97. The summed E-state index contributed by atoms with van der Waals surface area (Å²) in [6, 6.07) is -4.92. The topological polar surface area (TPSA) is 237 Å². The van der Waals surface area contributed by atoms with Crippen LogP contribution in [0.2, 0.25) is 0 Å². The lowest BCUT2D eigenvalue weighted by Crippen LogP contribution is -2.59. The van der Waals surface area contributed by atoms with Crippen LogP contribution in [0.25, 0.3) is 0 Å². The lowest BCUT2D eigenvalue weighted by Gasteiger charge is -2.27. The van der Waals surface area contributed by atoms with E-state index in [1.54, 1.807) is 13.8 Å². The molecule has 0 aromatic carbocycles. The summed E-state index contributed by atoms with van der Waals surface area (Å²) in [4.78, 5) is 70.9. The van der Waals surface area contributed by atoms with Crippen LogP contribution in [0, 0.1) is 5.92 Å². The van der Waals surface area contributed by atoms with Crippen molar-refractivity contribution in [2.75, 3.05) is 0 Å². The zero-order chi connectivity index (χ0) is 24.3. The van der Waals surface area contributed by atoms with Crippen molar-refractivity contribution >= 4 is 35.5 Å². The molecule has 0 aromatic heterocycles. The van der Waals surface area contributed by atoms with E-state index in [2.05, 4.69) is 16.0 Å². The van der Waals surface area contributed by atoms with Gasteiger partial charge in [0, 0.05) is 6.42 Å². The summed E-state index contributed by atoms with van der Waals surface area (Å²) in [6.07, 6.45) is -0.705. The Hall–Kier alpha value is -3.22. The average Bonchev–Trinajstić information content (AvgIpc) is 2.66. The maximum Gasteiger partial charge on any atom is 0.326 e. The predicted molar refractivity (Wildman–Crippen MR) is 109 cm³/mol. The summed E-state index contributed by atoms with van der Waals surface area (Å²) in [5.41, 5.74) is 15.7. The first-order valence-corrected chi connectivity index (χ1v) is 9.76. The number of nitrogens with two attached hydrogens (primary N) is 3. The second kappa shape index (κ2) is 13.2. The summed E-state index contributed by atoms with van der Waals surface area (Å²) < 4.78 is 0. The first kappa shape index (κ1) is 27.8. The molecular weight excluding hydrogens is 412 g/mol. The standard InChI is InChI=1S/C18H32N6O7/c1-4-8(2)14(24-15(27)9(3)19)17(29)23-11(7-13(21)26)16(28)22-10(18(30)31)5-6-12(20)25/h8-11,14H,4-7,19H2,1-3H3,(H2,20,25)(H2,21,26)(H,22,28)(H,23,29)(H,24,27)(H,30,31). The molecule has 0 aromatic rings. The number of aliphatic carboxylic acids is 1. The van der Waals surface area contributed by atoms with E-state index in [0.717, 1.165) is 0 Å². The van der Waals surface area contributed by atoms with E-state index in [0.29, 0.717) is 6.42 Å². The highest BCUT2D eigenvalue weighted by Gasteiger charge is 2.32. The van der Waals surface area contributed by atoms with Gasteiger partial charge in [-0.15, -0.1) is 0 Å². The first-order chi connectivity index (χ1) is 14.3. The van der Waals surface area contributed by atoms with Gasteiger partial charge in [0.25, 0.3) is 0 Å². The van der Waals surface area contributed by atoms with E-state index in [1.807, 2.05) is 0 Å². The van der Waals surface area contributed by atoms with Gasteiger partial charge in [-0.05, 0) is 19.3 Å². The number of rotatable bonds is 14. The molecular formula is C18H32N6O7. The molecule has 10 N–H and O–H groups in total. The maximum atomic E-state index is 12.8. The molecule has 0 bridgehead atoms. The number of carbonyl (C=O) groups is 6. The van der Waals surface area contributed by atoms with Crippen molar-refractivity contribution in [3.05, 3.63) is 0 Å². The highest BCUT2D eigenvalue weighted by molar-refractivity contribution is 5.96. The van der Waals surface area contributed by atoms with E-state index in [9.17, 15) is 33.9 Å². The van der Waals surface area contributed by atoms with Crippen LogP contribution in [0.3, 0.4) is 0 Å². The van der Waals surface area contributed by atoms with E-state index in [-0.39, 0.29) is 18.8 Å². The quantitative estimate of drug-likeness (QED) is 0.146. The molecule has 0 spiro atoms. The van der Waals surface area contributed by atoms with E-state index in [4.69, 9.17) is 17.2 Å². The Morgan fingerprint density at radius 1 is 0.839 bits per heavy atom. The van der Waals surface area contributed by atoms with Gasteiger partial charge in [-0.25, -0.2) is 4.79 Å². The largest absolute Gasteiger partial charge is 0.480 e. The van der Waals surface area contributed by atoms with Crippen LogP contribution in [-0.4, -0.2) is 64.8 Å². The minimum absolute atomic E-state index is 0.284. The van der Waals surface area contributed by atoms with Gasteiger partial charge in [0.05, 0.1) is 12.5 Å². The van der Waals surface area contributed by atoms with Crippen LogP contribution >= 0.6 is 0 Å². The number of hydrogen-bond donors (Lipinski definition) is 7. The molecule has 0 aliphatic rings. The molecule has 13 nitrogen and oxygen atoms in total. The van der Waals surface area contributed by atoms with Crippen LogP contribution in [-0.2, 0) is 28.8 Å². The van der Waals surface area contributed by atoms with Crippen molar-refractivity contribution in [2.45, 2.75) is 70.6 Å². The van der Waals surface area contributed by atoms with Crippen LogP contribution in [0.5, 0.6) is 0 Å². The highest BCUT2D eigenvalue weighted by Crippen LogP contribution is 2.09.